The van der Waals surface area contributed by atoms with Gasteiger partial charge in [0.15, 0.2) is 0 Å². The van der Waals surface area contributed by atoms with Gasteiger partial charge in [-0.25, -0.2) is 0 Å². The van der Waals surface area contributed by atoms with Gasteiger partial charge in [-0.15, -0.1) is 11.8 Å². The molecule has 0 aliphatic carbocycles. The molecule has 1 unspecified atom stereocenters. The van der Waals surface area contributed by atoms with Gasteiger partial charge in [0.05, 0.1) is 0 Å². The maximum absolute atomic E-state index is 2.69. The Morgan fingerprint density at radius 3 is 2.42 bits per heavy atom. The van der Waals surface area contributed by atoms with Crippen LogP contribution in [0.2, 0.25) is 0 Å². The predicted molar refractivity (Wildman–Crippen MR) is 86.0 cm³/mol. The molecule has 0 spiro atoms. The Bertz CT molecular complexity index is 344. The third kappa shape index (κ3) is 4.54. The second kappa shape index (κ2) is 7.96. The highest BCUT2D eigenvalue weighted by Gasteiger charge is 2.23. The second-order valence-electron chi connectivity index (χ2n) is 5.56. The Labute approximate surface area is 122 Å². The second-order valence-corrected chi connectivity index (χ2v) is 6.90. The van der Waals surface area contributed by atoms with Gasteiger partial charge >= 0.3 is 0 Å². The number of nitrogens with zero attached hydrogens (tertiary/aromatic N) is 1. The molecular weight excluding hydrogens is 250 g/mol. The van der Waals surface area contributed by atoms with Crippen molar-refractivity contribution in [3.8, 4) is 0 Å². The first-order valence-corrected chi connectivity index (χ1v) is 8.68. The van der Waals surface area contributed by atoms with Gasteiger partial charge in [-0.1, -0.05) is 44.9 Å². The average Bonchev–Trinajstić information content (AvgIpc) is 2.84. The molecule has 0 aromatic heterocycles. The lowest BCUT2D eigenvalue weighted by Gasteiger charge is -2.24. The lowest BCUT2D eigenvalue weighted by molar-refractivity contribution is 0.266. The highest BCUT2D eigenvalue weighted by molar-refractivity contribution is 8.00. The van der Waals surface area contributed by atoms with E-state index in [1.807, 2.05) is 0 Å². The maximum Gasteiger partial charge on any atom is 0.0263 e. The number of rotatable bonds is 8. The number of hydrogen-bond acceptors (Lipinski definition) is 2. The van der Waals surface area contributed by atoms with E-state index in [1.54, 1.807) is 5.56 Å². The first-order valence-electron chi connectivity index (χ1n) is 7.80. The monoisotopic (exact) mass is 277 g/mol. The Balaban J connectivity index is 1.84. The minimum atomic E-state index is 0.770. The molecular formula is C17H27NS. The lowest BCUT2D eigenvalue weighted by atomic mass is 10.1. The van der Waals surface area contributed by atoms with E-state index in [-0.39, 0.29) is 0 Å². The molecule has 0 saturated heterocycles. The van der Waals surface area contributed by atoms with Gasteiger partial charge in [-0.05, 0) is 44.0 Å². The maximum atomic E-state index is 2.69. The van der Waals surface area contributed by atoms with Crippen LogP contribution in [-0.4, -0.2) is 29.8 Å². The smallest absolute Gasteiger partial charge is 0.0263 e. The van der Waals surface area contributed by atoms with Crippen LogP contribution in [0.15, 0.2) is 29.2 Å². The fourth-order valence-electron chi connectivity index (χ4n) is 2.70. The van der Waals surface area contributed by atoms with Crippen LogP contribution in [0.5, 0.6) is 0 Å². The van der Waals surface area contributed by atoms with Crippen molar-refractivity contribution < 1.29 is 0 Å². The first-order chi connectivity index (χ1) is 9.33. The largest absolute Gasteiger partial charge is 0.302 e. The molecule has 1 atom stereocenters. The van der Waals surface area contributed by atoms with E-state index in [1.165, 1.54) is 56.6 Å². The minimum Gasteiger partial charge on any atom is -0.302 e. The van der Waals surface area contributed by atoms with E-state index in [4.69, 9.17) is 0 Å². The van der Waals surface area contributed by atoms with Crippen LogP contribution >= 0.6 is 11.8 Å². The van der Waals surface area contributed by atoms with Crippen molar-refractivity contribution in [2.75, 3.05) is 19.6 Å². The number of hydrogen-bond donors (Lipinski definition) is 0. The summed E-state index contributed by atoms with van der Waals surface area (Å²) in [5.41, 5.74) is 1.56. The van der Waals surface area contributed by atoms with Crippen molar-refractivity contribution in [2.24, 2.45) is 0 Å². The van der Waals surface area contributed by atoms with Crippen molar-refractivity contribution in [1.29, 1.82) is 0 Å². The molecule has 0 saturated carbocycles. The molecule has 0 bridgehead atoms. The summed E-state index contributed by atoms with van der Waals surface area (Å²) in [6.07, 6.45) is 6.55. The summed E-state index contributed by atoms with van der Waals surface area (Å²) in [4.78, 5) is 4.20. The summed E-state index contributed by atoms with van der Waals surface area (Å²) in [6, 6.07) is 8.92. The third-order valence-electron chi connectivity index (χ3n) is 3.83. The SMILES string of the molecule is CCCCN(CCCC)CC1Cc2ccccc2S1. The molecule has 2 rings (SSSR count). The van der Waals surface area contributed by atoms with E-state index >= 15 is 0 Å². The molecule has 0 radical (unpaired) electrons. The standard InChI is InChI=1S/C17H27NS/c1-3-5-11-18(12-6-4-2)14-16-13-15-9-7-8-10-17(15)19-16/h7-10,16H,3-6,11-14H2,1-2H3. The van der Waals surface area contributed by atoms with Crippen molar-refractivity contribution in [3.05, 3.63) is 29.8 Å². The molecule has 1 aromatic carbocycles. The van der Waals surface area contributed by atoms with E-state index < -0.39 is 0 Å². The quantitative estimate of drug-likeness (QED) is 0.683. The van der Waals surface area contributed by atoms with Crippen LogP contribution in [-0.2, 0) is 6.42 Å². The summed E-state index contributed by atoms with van der Waals surface area (Å²) < 4.78 is 0. The van der Waals surface area contributed by atoms with Crippen LogP contribution in [0.3, 0.4) is 0 Å². The van der Waals surface area contributed by atoms with Gasteiger partial charge < -0.3 is 4.90 Å². The van der Waals surface area contributed by atoms with Gasteiger partial charge in [0.25, 0.3) is 0 Å². The van der Waals surface area contributed by atoms with Crippen molar-refractivity contribution in [1.82, 2.24) is 4.90 Å². The van der Waals surface area contributed by atoms with Gasteiger partial charge in [0.1, 0.15) is 0 Å². The van der Waals surface area contributed by atoms with Gasteiger partial charge in [0, 0.05) is 16.7 Å². The number of benzene rings is 1. The fourth-order valence-corrected chi connectivity index (χ4v) is 4.07. The third-order valence-corrected chi connectivity index (χ3v) is 5.13. The normalized spacial score (nSPS) is 17.9. The molecule has 0 fully saturated rings. The topological polar surface area (TPSA) is 3.24 Å². The molecule has 19 heavy (non-hydrogen) atoms. The van der Waals surface area contributed by atoms with E-state index in [0.29, 0.717) is 0 Å². The average molecular weight is 277 g/mol. The highest BCUT2D eigenvalue weighted by atomic mass is 32.2. The van der Waals surface area contributed by atoms with E-state index in [0.717, 1.165) is 5.25 Å². The van der Waals surface area contributed by atoms with Gasteiger partial charge in [-0.2, -0.15) is 0 Å². The zero-order valence-electron chi connectivity index (χ0n) is 12.4. The molecule has 0 amide bonds. The first kappa shape index (κ1) is 14.9. The van der Waals surface area contributed by atoms with Crippen LogP contribution in [0.25, 0.3) is 0 Å². The lowest BCUT2D eigenvalue weighted by Crippen LogP contribution is -2.32. The van der Waals surface area contributed by atoms with E-state index in [2.05, 4.69) is 54.8 Å². The summed E-state index contributed by atoms with van der Waals surface area (Å²) in [5, 5.41) is 0.770. The summed E-state index contributed by atoms with van der Waals surface area (Å²) >= 11 is 2.09. The van der Waals surface area contributed by atoms with Gasteiger partial charge in [0.2, 0.25) is 0 Å². The summed E-state index contributed by atoms with van der Waals surface area (Å²) in [5.74, 6) is 0. The molecule has 1 aliphatic heterocycles. The van der Waals surface area contributed by atoms with Crippen molar-refractivity contribution in [3.63, 3.8) is 0 Å². The fraction of sp³-hybridized carbons (Fsp3) is 0.647. The molecule has 106 valence electrons. The van der Waals surface area contributed by atoms with Crippen molar-refractivity contribution >= 4 is 11.8 Å². The van der Waals surface area contributed by atoms with Gasteiger partial charge in [-0.3, -0.25) is 0 Å². The molecule has 0 N–H and O–H groups in total. The van der Waals surface area contributed by atoms with Crippen LogP contribution < -0.4 is 0 Å². The Morgan fingerprint density at radius 1 is 1.11 bits per heavy atom. The molecule has 1 aliphatic rings. The van der Waals surface area contributed by atoms with Crippen LogP contribution in [0, 0.1) is 0 Å². The number of thioether (sulfide) groups is 1. The molecule has 2 heteroatoms. The number of unbranched alkanes of at least 4 members (excludes halogenated alkanes) is 2. The summed E-state index contributed by atoms with van der Waals surface area (Å²) in [6.45, 7) is 8.41. The van der Waals surface area contributed by atoms with Crippen LogP contribution in [0.1, 0.15) is 45.1 Å². The molecule has 1 aromatic rings. The zero-order valence-corrected chi connectivity index (χ0v) is 13.2. The molecule has 1 nitrogen and oxygen atoms in total. The minimum absolute atomic E-state index is 0.770. The number of fused-ring (bicyclic) bond motifs is 1. The Hall–Kier alpha value is -0.470. The van der Waals surface area contributed by atoms with Crippen molar-refractivity contribution in [2.45, 2.75) is 56.1 Å². The molecule has 1 heterocycles. The van der Waals surface area contributed by atoms with E-state index in [9.17, 15) is 0 Å². The Kier molecular flexibility index (Phi) is 6.25. The Morgan fingerprint density at radius 2 is 1.79 bits per heavy atom. The highest BCUT2D eigenvalue weighted by Crippen LogP contribution is 2.37. The van der Waals surface area contributed by atoms with Crippen LogP contribution in [0.4, 0.5) is 0 Å². The summed E-state index contributed by atoms with van der Waals surface area (Å²) in [7, 11) is 0. The zero-order chi connectivity index (χ0) is 13.5. The predicted octanol–water partition coefficient (Wildman–Crippen LogP) is 4.61.